The predicted molar refractivity (Wildman–Crippen MR) is 204 cm³/mol. The number of ether oxygens (including phenoxy) is 2. The van der Waals surface area contributed by atoms with Crippen molar-refractivity contribution in [3.8, 4) is 11.5 Å². The van der Waals surface area contributed by atoms with Gasteiger partial charge in [0.25, 0.3) is 0 Å². The van der Waals surface area contributed by atoms with E-state index in [1.807, 2.05) is 78.9 Å². The zero-order valence-corrected chi connectivity index (χ0v) is 30.6. The molecule has 272 valence electrons. The van der Waals surface area contributed by atoms with Crippen LogP contribution in [0.3, 0.4) is 0 Å². The Morgan fingerprint density at radius 1 is 0.846 bits per heavy atom. The standard InChI is InChI=1S/C45H51NO6/c1-45(2,3)37-25-23-31(27-38(37)46-41(47)28-36-34-18-10-12-20-39(34)51-40-21-13-11-19-35(36)40)22-24-33(26-30-14-6-4-7-15-30)44(32-16-8-5-9-17-32)52-43(50)29-42(48)49/h5,8-13,16-21,23,25,27,30,33,36,44H,4,6-7,14-15,22,24,26,28-29H2,1-3H3,(H,46,47)(H,48,49)/t33?,44-/m1/s1. The number of carboxylic acids is 1. The first-order chi connectivity index (χ1) is 25.0. The molecule has 7 nitrogen and oxygen atoms in total. The summed E-state index contributed by atoms with van der Waals surface area (Å²) in [5.74, 6) is -0.0311. The zero-order chi connectivity index (χ0) is 36.7. The Hall–Kier alpha value is -4.91. The number of hydrogen-bond donors (Lipinski definition) is 2. The SMILES string of the molecule is CC(C)(C)c1ccc(CCC(CC2CCCCC2)[C@H](OC(=O)CC(=O)O)c2ccccc2)cc1NC(=O)CC1c2ccccc2Oc2ccccc21. The highest BCUT2D eigenvalue weighted by Crippen LogP contribution is 2.46. The van der Waals surface area contributed by atoms with E-state index in [1.165, 1.54) is 19.3 Å². The monoisotopic (exact) mass is 701 g/mol. The second-order valence-electron chi connectivity index (χ2n) is 15.5. The van der Waals surface area contributed by atoms with Crippen LogP contribution >= 0.6 is 0 Å². The smallest absolute Gasteiger partial charge is 0.317 e. The average molecular weight is 702 g/mol. The first kappa shape index (κ1) is 36.9. The first-order valence-corrected chi connectivity index (χ1v) is 18.8. The predicted octanol–water partition coefficient (Wildman–Crippen LogP) is 10.5. The summed E-state index contributed by atoms with van der Waals surface area (Å²) < 4.78 is 12.2. The minimum Gasteiger partial charge on any atom is -0.481 e. The van der Waals surface area contributed by atoms with Gasteiger partial charge in [0, 0.05) is 35.1 Å². The summed E-state index contributed by atoms with van der Waals surface area (Å²) in [6, 6.07) is 32.0. The highest BCUT2D eigenvalue weighted by atomic mass is 16.5. The van der Waals surface area contributed by atoms with Crippen LogP contribution in [0.1, 0.15) is 118 Å². The molecule has 1 saturated carbocycles. The lowest BCUT2D eigenvalue weighted by Gasteiger charge is -2.32. The van der Waals surface area contributed by atoms with Crippen molar-refractivity contribution in [1.82, 2.24) is 0 Å². The molecule has 2 N–H and O–H groups in total. The summed E-state index contributed by atoms with van der Waals surface area (Å²) in [5, 5.41) is 12.6. The number of rotatable bonds is 13. The number of fused-ring (bicyclic) bond motifs is 2. The molecule has 0 spiro atoms. The summed E-state index contributed by atoms with van der Waals surface area (Å²) in [4.78, 5) is 38.2. The van der Waals surface area contributed by atoms with E-state index in [2.05, 4.69) is 44.3 Å². The molecule has 2 aliphatic rings. The summed E-state index contributed by atoms with van der Waals surface area (Å²) in [5.41, 5.74) is 5.63. The number of amides is 1. The van der Waals surface area contributed by atoms with Crippen LogP contribution in [0.2, 0.25) is 0 Å². The topological polar surface area (TPSA) is 102 Å². The number of carboxylic acid groups (broad SMARTS) is 1. The third-order valence-electron chi connectivity index (χ3n) is 10.6. The number of anilines is 1. The fourth-order valence-electron chi connectivity index (χ4n) is 8.10. The molecule has 4 aromatic rings. The van der Waals surface area contributed by atoms with Crippen LogP contribution in [0.5, 0.6) is 11.5 Å². The van der Waals surface area contributed by atoms with Crippen LogP contribution in [0.15, 0.2) is 97.1 Å². The summed E-state index contributed by atoms with van der Waals surface area (Å²) in [6.45, 7) is 6.45. The van der Waals surface area contributed by atoms with E-state index in [4.69, 9.17) is 9.47 Å². The maximum atomic E-state index is 14.0. The van der Waals surface area contributed by atoms with E-state index in [-0.39, 0.29) is 29.6 Å². The molecule has 1 aliphatic heterocycles. The normalized spacial score (nSPS) is 15.8. The molecule has 7 heteroatoms. The minimum absolute atomic E-state index is 0.00256. The second-order valence-corrected chi connectivity index (χ2v) is 15.5. The zero-order valence-electron chi connectivity index (χ0n) is 30.6. The van der Waals surface area contributed by atoms with Crippen molar-refractivity contribution in [2.24, 2.45) is 11.8 Å². The number of carbonyl (C=O) groups excluding carboxylic acids is 2. The van der Waals surface area contributed by atoms with E-state index < -0.39 is 24.5 Å². The molecular weight excluding hydrogens is 650 g/mol. The number of benzene rings is 4. The molecule has 1 aliphatic carbocycles. The van der Waals surface area contributed by atoms with Gasteiger partial charge in [-0.25, -0.2) is 0 Å². The number of esters is 1. The molecule has 4 aromatic carbocycles. The van der Waals surface area contributed by atoms with E-state index in [0.29, 0.717) is 12.3 Å². The van der Waals surface area contributed by atoms with Gasteiger partial charge in [0.2, 0.25) is 5.91 Å². The number of aliphatic carboxylic acids is 1. The first-order valence-electron chi connectivity index (χ1n) is 18.8. The van der Waals surface area contributed by atoms with Crippen molar-refractivity contribution >= 4 is 23.5 Å². The van der Waals surface area contributed by atoms with Crippen molar-refractivity contribution in [3.63, 3.8) is 0 Å². The van der Waals surface area contributed by atoms with Gasteiger partial charge in [0.05, 0.1) is 0 Å². The third-order valence-corrected chi connectivity index (χ3v) is 10.6. The number of para-hydroxylation sites is 2. The van der Waals surface area contributed by atoms with Gasteiger partial charge in [0.1, 0.15) is 24.0 Å². The highest BCUT2D eigenvalue weighted by Gasteiger charge is 2.32. The van der Waals surface area contributed by atoms with E-state index in [0.717, 1.165) is 70.7 Å². The van der Waals surface area contributed by atoms with Crippen LogP contribution in [-0.4, -0.2) is 23.0 Å². The third kappa shape index (κ3) is 9.30. The largest absolute Gasteiger partial charge is 0.481 e. The van der Waals surface area contributed by atoms with Gasteiger partial charge in [-0.15, -0.1) is 0 Å². The highest BCUT2D eigenvalue weighted by molar-refractivity contribution is 5.93. The molecule has 1 amide bonds. The van der Waals surface area contributed by atoms with E-state index in [9.17, 15) is 19.5 Å². The minimum atomic E-state index is -1.20. The maximum Gasteiger partial charge on any atom is 0.317 e. The average Bonchev–Trinajstić information content (AvgIpc) is 3.12. The molecule has 0 bridgehead atoms. The molecular formula is C45H51NO6. The number of aryl methyl sites for hydroxylation is 1. The molecule has 1 heterocycles. The molecule has 1 fully saturated rings. The van der Waals surface area contributed by atoms with Crippen molar-refractivity contribution in [1.29, 1.82) is 0 Å². The summed E-state index contributed by atoms with van der Waals surface area (Å²) in [6.07, 6.45) is 7.38. The molecule has 0 saturated heterocycles. The van der Waals surface area contributed by atoms with Gasteiger partial charge in [0.15, 0.2) is 0 Å². The quantitative estimate of drug-likeness (QED) is 0.106. The Morgan fingerprint density at radius 3 is 2.12 bits per heavy atom. The summed E-state index contributed by atoms with van der Waals surface area (Å²) in [7, 11) is 0. The van der Waals surface area contributed by atoms with Crippen LogP contribution in [-0.2, 0) is 31.0 Å². The lowest BCUT2D eigenvalue weighted by molar-refractivity contribution is -0.158. The van der Waals surface area contributed by atoms with Gasteiger partial charge < -0.3 is 19.9 Å². The number of hydrogen-bond acceptors (Lipinski definition) is 5. The van der Waals surface area contributed by atoms with Gasteiger partial charge in [-0.1, -0.05) is 132 Å². The van der Waals surface area contributed by atoms with Crippen molar-refractivity contribution in [3.05, 3.63) is 125 Å². The molecule has 1 unspecified atom stereocenters. The van der Waals surface area contributed by atoms with Crippen LogP contribution in [0.4, 0.5) is 5.69 Å². The summed E-state index contributed by atoms with van der Waals surface area (Å²) >= 11 is 0. The van der Waals surface area contributed by atoms with Crippen LogP contribution in [0, 0.1) is 11.8 Å². The fraction of sp³-hybridized carbons (Fsp3) is 0.400. The Labute approximate surface area is 307 Å². The number of carbonyl (C=O) groups is 3. The van der Waals surface area contributed by atoms with Crippen LogP contribution < -0.4 is 10.1 Å². The lowest BCUT2D eigenvalue weighted by atomic mass is 9.77. The molecule has 52 heavy (non-hydrogen) atoms. The van der Waals surface area contributed by atoms with Gasteiger partial charge in [-0.2, -0.15) is 0 Å². The Balaban J connectivity index is 1.25. The van der Waals surface area contributed by atoms with Crippen molar-refractivity contribution < 1.29 is 29.0 Å². The molecule has 0 aromatic heterocycles. The maximum absolute atomic E-state index is 14.0. The molecule has 0 radical (unpaired) electrons. The van der Waals surface area contributed by atoms with Gasteiger partial charge in [-0.3, -0.25) is 14.4 Å². The van der Waals surface area contributed by atoms with Crippen molar-refractivity contribution in [2.45, 2.75) is 102 Å². The Bertz CT molecular complexity index is 1810. The molecule has 2 atom stereocenters. The Morgan fingerprint density at radius 2 is 1.48 bits per heavy atom. The van der Waals surface area contributed by atoms with Crippen molar-refractivity contribution in [2.75, 3.05) is 5.32 Å². The molecule has 6 rings (SSSR count). The fourth-order valence-corrected chi connectivity index (χ4v) is 8.10. The van der Waals surface area contributed by atoms with E-state index in [1.54, 1.807) is 0 Å². The van der Waals surface area contributed by atoms with Gasteiger partial charge >= 0.3 is 11.9 Å². The van der Waals surface area contributed by atoms with Crippen LogP contribution in [0.25, 0.3) is 0 Å². The number of nitrogens with one attached hydrogen (secondary N) is 1. The van der Waals surface area contributed by atoms with E-state index >= 15 is 0 Å². The Kier molecular flexibility index (Phi) is 11.8. The lowest BCUT2D eigenvalue weighted by Crippen LogP contribution is -2.25. The van der Waals surface area contributed by atoms with Gasteiger partial charge in [-0.05, 0) is 65.5 Å². The second kappa shape index (κ2) is 16.6.